The molecule has 0 aliphatic carbocycles. The molecule has 3 N–H and O–H groups in total. The van der Waals surface area contributed by atoms with Crippen molar-refractivity contribution in [1.82, 2.24) is 4.98 Å². The highest BCUT2D eigenvalue weighted by molar-refractivity contribution is 6.35. The molecule has 1 heterocycles. The van der Waals surface area contributed by atoms with Crippen LogP contribution in [0.4, 0.5) is 11.5 Å². The second-order valence-electron chi connectivity index (χ2n) is 3.55. The molecule has 2 aromatic rings. The van der Waals surface area contributed by atoms with Gasteiger partial charge in [-0.3, -0.25) is 10.1 Å². The molecule has 88 valence electrons. The van der Waals surface area contributed by atoms with E-state index in [-0.39, 0.29) is 10.7 Å². The monoisotopic (exact) mass is 252 g/mol. The van der Waals surface area contributed by atoms with Crippen LogP contribution in [0.25, 0.3) is 10.9 Å². The van der Waals surface area contributed by atoms with E-state index < -0.39 is 4.92 Å². The van der Waals surface area contributed by atoms with Gasteiger partial charge in [0.2, 0.25) is 0 Å². The Kier molecular flexibility index (Phi) is 2.83. The summed E-state index contributed by atoms with van der Waals surface area (Å²) >= 11 is 5.95. The van der Waals surface area contributed by atoms with Crippen molar-refractivity contribution in [3.05, 3.63) is 38.9 Å². The normalized spacial score (nSPS) is 10.5. The molecular weight excluding hydrogens is 244 g/mol. The lowest BCUT2D eigenvalue weighted by atomic mass is 10.1. The first-order valence-corrected chi connectivity index (χ1v) is 5.12. The summed E-state index contributed by atoms with van der Waals surface area (Å²) in [6.45, 7) is 1.80. The number of aryl methyl sites for hydroxylation is 1. The Morgan fingerprint density at radius 1 is 1.47 bits per heavy atom. The molecule has 0 spiro atoms. The first-order valence-electron chi connectivity index (χ1n) is 4.75. The van der Waals surface area contributed by atoms with E-state index in [2.05, 4.69) is 10.4 Å². The standard InChI is InChI=1S/C10H9ClN4O2/c1-5-2-6-3-7(15(16)17)4-8(11)9(6)13-10(5)14-12/h2-4H,12H2,1H3,(H,13,14). The average Bonchev–Trinajstić information content (AvgIpc) is 2.27. The van der Waals surface area contributed by atoms with Crippen molar-refractivity contribution in [2.24, 2.45) is 5.84 Å². The van der Waals surface area contributed by atoms with Gasteiger partial charge in [-0.1, -0.05) is 11.6 Å². The van der Waals surface area contributed by atoms with Gasteiger partial charge >= 0.3 is 0 Å². The largest absolute Gasteiger partial charge is 0.308 e. The van der Waals surface area contributed by atoms with E-state index in [9.17, 15) is 10.1 Å². The molecule has 0 saturated carbocycles. The Balaban J connectivity index is 2.77. The zero-order valence-corrected chi connectivity index (χ0v) is 9.65. The third-order valence-electron chi connectivity index (χ3n) is 2.39. The second kappa shape index (κ2) is 4.15. The van der Waals surface area contributed by atoms with Gasteiger partial charge in [-0.25, -0.2) is 10.8 Å². The number of nitrogens with one attached hydrogen (secondary N) is 1. The molecular formula is C10H9ClN4O2. The molecule has 1 aromatic heterocycles. The molecule has 0 atom stereocenters. The number of aromatic nitrogens is 1. The van der Waals surface area contributed by atoms with Crippen LogP contribution in [0.15, 0.2) is 18.2 Å². The molecule has 1 aromatic carbocycles. The van der Waals surface area contributed by atoms with Gasteiger partial charge in [0.25, 0.3) is 5.69 Å². The van der Waals surface area contributed by atoms with E-state index in [1.165, 1.54) is 12.1 Å². The minimum absolute atomic E-state index is 0.0582. The predicted octanol–water partition coefficient (Wildman–Crippen LogP) is 2.39. The summed E-state index contributed by atoms with van der Waals surface area (Å²) in [6, 6.07) is 4.45. The molecule has 17 heavy (non-hydrogen) atoms. The lowest BCUT2D eigenvalue weighted by Gasteiger charge is -2.07. The van der Waals surface area contributed by atoms with Gasteiger partial charge in [0.1, 0.15) is 5.82 Å². The molecule has 0 aliphatic rings. The SMILES string of the molecule is Cc1cc2cc([N+](=O)[O-])cc(Cl)c2nc1NN. The van der Waals surface area contributed by atoms with Crippen molar-refractivity contribution in [1.29, 1.82) is 0 Å². The number of nitro groups is 1. The summed E-state index contributed by atoms with van der Waals surface area (Å²) < 4.78 is 0. The summed E-state index contributed by atoms with van der Waals surface area (Å²) in [5, 5.41) is 11.5. The number of pyridine rings is 1. The molecule has 7 heteroatoms. The van der Waals surface area contributed by atoms with Crippen LogP contribution in [-0.2, 0) is 0 Å². The summed E-state index contributed by atoms with van der Waals surface area (Å²) in [5.74, 6) is 5.80. The minimum atomic E-state index is -0.490. The van der Waals surface area contributed by atoms with Gasteiger partial charge in [-0.2, -0.15) is 0 Å². The topological polar surface area (TPSA) is 94.1 Å². The lowest BCUT2D eigenvalue weighted by Crippen LogP contribution is -2.10. The molecule has 6 nitrogen and oxygen atoms in total. The van der Waals surface area contributed by atoms with Gasteiger partial charge in [0, 0.05) is 17.5 Å². The van der Waals surface area contributed by atoms with Crippen LogP contribution < -0.4 is 11.3 Å². The fraction of sp³-hybridized carbons (Fsp3) is 0.100. The number of nitro benzene ring substituents is 1. The molecule has 2 rings (SSSR count). The highest BCUT2D eigenvalue weighted by Gasteiger charge is 2.13. The van der Waals surface area contributed by atoms with Crippen molar-refractivity contribution in [2.75, 3.05) is 5.43 Å². The van der Waals surface area contributed by atoms with E-state index in [1.54, 1.807) is 13.0 Å². The maximum atomic E-state index is 10.7. The molecule has 0 aliphatic heterocycles. The van der Waals surface area contributed by atoms with Crippen LogP contribution in [0.2, 0.25) is 5.02 Å². The first kappa shape index (κ1) is 11.6. The van der Waals surface area contributed by atoms with Crippen molar-refractivity contribution < 1.29 is 4.92 Å². The molecule has 0 radical (unpaired) electrons. The van der Waals surface area contributed by atoms with Crippen molar-refractivity contribution in [3.8, 4) is 0 Å². The summed E-state index contributed by atoms with van der Waals surface area (Å²) in [7, 11) is 0. The van der Waals surface area contributed by atoms with Gasteiger partial charge in [0.15, 0.2) is 0 Å². The van der Waals surface area contributed by atoms with Crippen LogP contribution in [0.5, 0.6) is 0 Å². The quantitative estimate of drug-likeness (QED) is 0.486. The Morgan fingerprint density at radius 3 is 2.76 bits per heavy atom. The van der Waals surface area contributed by atoms with Crippen molar-refractivity contribution >= 4 is 34.0 Å². The van der Waals surface area contributed by atoms with Gasteiger partial charge in [-0.15, -0.1) is 0 Å². The number of benzene rings is 1. The molecule has 0 saturated heterocycles. The van der Waals surface area contributed by atoms with Crippen LogP contribution in [0, 0.1) is 17.0 Å². The summed E-state index contributed by atoms with van der Waals surface area (Å²) in [5.41, 5.74) is 3.66. The first-order chi connectivity index (χ1) is 8.02. The summed E-state index contributed by atoms with van der Waals surface area (Å²) in [4.78, 5) is 14.4. The van der Waals surface area contributed by atoms with Gasteiger partial charge in [0.05, 0.1) is 15.5 Å². The Bertz CT molecular complexity index is 615. The number of hydrogen-bond donors (Lipinski definition) is 2. The number of halogens is 1. The Hall–Kier alpha value is -1.92. The molecule has 0 bridgehead atoms. The van der Waals surface area contributed by atoms with Crippen LogP contribution >= 0.6 is 11.6 Å². The number of nitrogen functional groups attached to an aromatic ring is 1. The number of hydrogen-bond acceptors (Lipinski definition) is 5. The van der Waals surface area contributed by atoms with E-state index >= 15 is 0 Å². The number of anilines is 1. The van der Waals surface area contributed by atoms with E-state index in [4.69, 9.17) is 17.4 Å². The molecule has 0 fully saturated rings. The number of non-ortho nitro benzene ring substituents is 1. The fourth-order valence-corrected chi connectivity index (χ4v) is 1.85. The fourth-order valence-electron chi connectivity index (χ4n) is 1.59. The Morgan fingerprint density at radius 2 is 2.18 bits per heavy atom. The number of nitrogens with two attached hydrogens (primary N) is 1. The zero-order valence-electron chi connectivity index (χ0n) is 8.90. The highest BCUT2D eigenvalue weighted by atomic mass is 35.5. The molecule has 0 unspecified atom stereocenters. The number of fused-ring (bicyclic) bond motifs is 1. The maximum absolute atomic E-state index is 10.7. The van der Waals surface area contributed by atoms with E-state index in [0.717, 1.165) is 5.56 Å². The zero-order chi connectivity index (χ0) is 12.6. The van der Waals surface area contributed by atoms with Crippen LogP contribution in [0.1, 0.15) is 5.56 Å². The third kappa shape index (κ3) is 2.00. The highest BCUT2D eigenvalue weighted by Crippen LogP contribution is 2.30. The van der Waals surface area contributed by atoms with Gasteiger partial charge in [-0.05, 0) is 18.6 Å². The molecule has 0 amide bonds. The Labute approximate surface area is 102 Å². The van der Waals surface area contributed by atoms with E-state index in [1.807, 2.05) is 0 Å². The average molecular weight is 253 g/mol. The minimum Gasteiger partial charge on any atom is -0.308 e. The number of hydrazine groups is 1. The van der Waals surface area contributed by atoms with Crippen LogP contribution in [-0.4, -0.2) is 9.91 Å². The number of rotatable bonds is 2. The maximum Gasteiger partial charge on any atom is 0.271 e. The second-order valence-corrected chi connectivity index (χ2v) is 3.96. The van der Waals surface area contributed by atoms with E-state index in [0.29, 0.717) is 16.7 Å². The van der Waals surface area contributed by atoms with Crippen molar-refractivity contribution in [2.45, 2.75) is 6.92 Å². The van der Waals surface area contributed by atoms with Crippen LogP contribution in [0.3, 0.4) is 0 Å². The lowest BCUT2D eigenvalue weighted by molar-refractivity contribution is -0.384. The summed E-state index contributed by atoms with van der Waals surface area (Å²) in [6.07, 6.45) is 0. The third-order valence-corrected chi connectivity index (χ3v) is 2.68. The smallest absolute Gasteiger partial charge is 0.271 e. The van der Waals surface area contributed by atoms with Crippen molar-refractivity contribution in [3.63, 3.8) is 0 Å². The predicted molar refractivity (Wildman–Crippen MR) is 66.0 cm³/mol. The van der Waals surface area contributed by atoms with Gasteiger partial charge < -0.3 is 5.43 Å². The number of nitrogens with zero attached hydrogens (tertiary/aromatic N) is 2.